The lowest BCUT2D eigenvalue weighted by atomic mass is 10.0. The number of nitrogens with zero attached hydrogens (tertiary/aromatic N) is 1. The average Bonchev–Trinajstić information content (AvgIpc) is 2.44. The van der Waals surface area contributed by atoms with Crippen LogP contribution < -0.4 is 10.6 Å². The van der Waals surface area contributed by atoms with Crippen LogP contribution in [0.1, 0.15) is 31.7 Å². The van der Waals surface area contributed by atoms with Gasteiger partial charge in [0, 0.05) is 31.1 Å². The molecule has 6 heteroatoms. The molecular weight excluding hydrogens is 281 g/mol. The maximum atomic E-state index is 13.2. The van der Waals surface area contributed by atoms with E-state index in [-0.39, 0.29) is 17.5 Å². The molecule has 0 aromatic heterocycles. The van der Waals surface area contributed by atoms with Crippen molar-refractivity contribution in [1.82, 2.24) is 0 Å². The van der Waals surface area contributed by atoms with Crippen LogP contribution in [0.2, 0.25) is 0 Å². The van der Waals surface area contributed by atoms with Gasteiger partial charge in [0.25, 0.3) is 0 Å². The van der Waals surface area contributed by atoms with Gasteiger partial charge in [0.1, 0.15) is 0 Å². The molecule has 1 unspecified atom stereocenters. The Labute approximate surface area is 122 Å². The molecule has 0 bridgehead atoms. The highest BCUT2D eigenvalue weighted by atomic mass is 19.4. The van der Waals surface area contributed by atoms with Crippen LogP contribution in [0, 0.1) is 0 Å². The average molecular weight is 302 g/mol. The minimum absolute atomic E-state index is 0.00247. The van der Waals surface area contributed by atoms with Gasteiger partial charge >= 0.3 is 6.18 Å². The molecule has 1 atom stereocenters. The summed E-state index contributed by atoms with van der Waals surface area (Å²) in [5.74, 6) is 0. The van der Waals surface area contributed by atoms with Crippen LogP contribution in [0.3, 0.4) is 0 Å². The molecule has 0 aliphatic carbocycles. The van der Waals surface area contributed by atoms with Crippen molar-refractivity contribution in [1.29, 1.82) is 0 Å². The Bertz CT molecular complexity index is 476. The molecule has 0 spiro atoms. The number of piperidine rings is 1. The van der Waals surface area contributed by atoms with Crippen LogP contribution in [0.5, 0.6) is 0 Å². The van der Waals surface area contributed by atoms with Crippen molar-refractivity contribution in [2.24, 2.45) is 0 Å². The molecule has 2 N–H and O–H groups in total. The maximum Gasteiger partial charge on any atom is 0.418 e. The molecule has 118 valence electrons. The van der Waals surface area contributed by atoms with Gasteiger partial charge in [0.2, 0.25) is 0 Å². The van der Waals surface area contributed by atoms with Crippen molar-refractivity contribution in [3.63, 3.8) is 0 Å². The Hall–Kier alpha value is -1.43. The highest BCUT2D eigenvalue weighted by Gasteiger charge is 2.36. The van der Waals surface area contributed by atoms with E-state index in [0.29, 0.717) is 19.7 Å². The van der Waals surface area contributed by atoms with Gasteiger partial charge in [-0.3, -0.25) is 0 Å². The highest BCUT2D eigenvalue weighted by Crippen LogP contribution is 2.38. The molecule has 1 aliphatic rings. The van der Waals surface area contributed by atoms with Crippen molar-refractivity contribution in [2.45, 2.75) is 38.5 Å². The van der Waals surface area contributed by atoms with E-state index in [9.17, 15) is 13.2 Å². The van der Waals surface area contributed by atoms with Crippen molar-refractivity contribution < 1.29 is 17.9 Å². The first kappa shape index (κ1) is 15.9. The maximum absolute atomic E-state index is 13.2. The third kappa shape index (κ3) is 4.03. The van der Waals surface area contributed by atoms with Crippen molar-refractivity contribution in [3.05, 3.63) is 23.8 Å². The minimum atomic E-state index is -4.40. The van der Waals surface area contributed by atoms with E-state index >= 15 is 0 Å². The molecule has 1 aliphatic heterocycles. The number of alkyl halides is 3. The number of anilines is 2. The van der Waals surface area contributed by atoms with Crippen LogP contribution in [0.25, 0.3) is 0 Å². The second-order valence-electron chi connectivity index (χ2n) is 5.36. The molecule has 1 aromatic rings. The summed E-state index contributed by atoms with van der Waals surface area (Å²) in [5.41, 5.74) is 5.16. The monoisotopic (exact) mass is 302 g/mol. The number of hydrogen-bond acceptors (Lipinski definition) is 3. The van der Waals surface area contributed by atoms with E-state index < -0.39 is 11.7 Å². The molecule has 0 radical (unpaired) electrons. The van der Waals surface area contributed by atoms with E-state index in [1.54, 1.807) is 4.90 Å². The summed E-state index contributed by atoms with van der Waals surface area (Å²) in [7, 11) is 0. The third-order valence-corrected chi connectivity index (χ3v) is 3.60. The molecule has 21 heavy (non-hydrogen) atoms. The largest absolute Gasteiger partial charge is 0.418 e. The fourth-order valence-electron chi connectivity index (χ4n) is 2.63. The Morgan fingerprint density at radius 3 is 2.81 bits per heavy atom. The number of ether oxygens (including phenoxy) is 1. The predicted molar refractivity (Wildman–Crippen MR) is 77.3 cm³/mol. The zero-order valence-electron chi connectivity index (χ0n) is 12.1. The molecule has 2 rings (SSSR count). The smallest absolute Gasteiger partial charge is 0.399 e. The van der Waals surface area contributed by atoms with E-state index in [0.717, 1.165) is 25.3 Å². The standard InChI is InChI=1S/C15H21F3N2O/c1-2-8-21-12-4-3-7-20(10-12)14-6-5-11(19)9-13(14)15(16,17)18/h5-6,9,12H,2-4,7-8,10,19H2,1H3. The highest BCUT2D eigenvalue weighted by molar-refractivity contribution is 5.61. The van der Waals surface area contributed by atoms with Gasteiger partial charge in [-0.05, 0) is 37.5 Å². The molecule has 1 fully saturated rings. The fourth-order valence-corrected chi connectivity index (χ4v) is 2.63. The molecule has 0 saturated carbocycles. The van der Waals surface area contributed by atoms with Gasteiger partial charge < -0.3 is 15.4 Å². The Kier molecular flexibility index (Phi) is 4.98. The summed E-state index contributed by atoms with van der Waals surface area (Å²) in [6.45, 7) is 3.76. The molecule has 1 heterocycles. The lowest BCUT2D eigenvalue weighted by Gasteiger charge is -2.35. The first-order valence-electron chi connectivity index (χ1n) is 7.25. The first-order chi connectivity index (χ1) is 9.91. The summed E-state index contributed by atoms with van der Waals surface area (Å²) >= 11 is 0. The topological polar surface area (TPSA) is 38.5 Å². The molecule has 3 nitrogen and oxygen atoms in total. The lowest BCUT2D eigenvalue weighted by Crippen LogP contribution is -2.40. The van der Waals surface area contributed by atoms with E-state index in [1.807, 2.05) is 6.92 Å². The van der Waals surface area contributed by atoms with Gasteiger partial charge in [-0.25, -0.2) is 0 Å². The summed E-state index contributed by atoms with van der Waals surface area (Å²) in [5, 5.41) is 0. The third-order valence-electron chi connectivity index (χ3n) is 3.60. The van der Waals surface area contributed by atoms with Gasteiger partial charge in [0.05, 0.1) is 11.7 Å². The first-order valence-corrected chi connectivity index (χ1v) is 7.25. The Balaban J connectivity index is 2.21. The second-order valence-corrected chi connectivity index (χ2v) is 5.36. The van der Waals surface area contributed by atoms with Gasteiger partial charge in [-0.15, -0.1) is 0 Å². The summed E-state index contributed by atoms with van der Waals surface area (Å²) in [6.07, 6.45) is -1.77. The van der Waals surface area contributed by atoms with E-state index in [1.165, 1.54) is 12.1 Å². The second kappa shape index (κ2) is 6.56. The number of benzene rings is 1. The Morgan fingerprint density at radius 2 is 2.14 bits per heavy atom. The van der Waals surface area contributed by atoms with Crippen LogP contribution in [0.4, 0.5) is 24.5 Å². The summed E-state index contributed by atoms with van der Waals surface area (Å²) in [4.78, 5) is 1.76. The molecule has 0 amide bonds. The SMILES string of the molecule is CCCOC1CCCN(c2ccc(N)cc2C(F)(F)F)C1. The predicted octanol–water partition coefficient (Wildman–Crippen LogP) is 3.68. The zero-order chi connectivity index (χ0) is 15.5. The van der Waals surface area contributed by atoms with Crippen LogP contribution >= 0.6 is 0 Å². The van der Waals surface area contributed by atoms with Gasteiger partial charge in [-0.1, -0.05) is 6.92 Å². The molecular formula is C15H21F3N2O. The molecule has 1 saturated heterocycles. The zero-order valence-corrected chi connectivity index (χ0v) is 12.1. The van der Waals surface area contributed by atoms with E-state index in [2.05, 4.69) is 0 Å². The van der Waals surface area contributed by atoms with Gasteiger partial charge in [0.15, 0.2) is 0 Å². The number of nitrogens with two attached hydrogens (primary N) is 1. The van der Waals surface area contributed by atoms with Crippen LogP contribution in [-0.2, 0) is 10.9 Å². The fraction of sp³-hybridized carbons (Fsp3) is 0.600. The normalized spacial score (nSPS) is 19.8. The number of rotatable bonds is 4. The van der Waals surface area contributed by atoms with Crippen molar-refractivity contribution in [3.8, 4) is 0 Å². The number of halogens is 3. The van der Waals surface area contributed by atoms with E-state index in [4.69, 9.17) is 10.5 Å². The van der Waals surface area contributed by atoms with Crippen molar-refractivity contribution >= 4 is 11.4 Å². The van der Waals surface area contributed by atoms with Crippen LogP contribution in [0.15, 0.2) is 18.2 Å². The number of nitrogen functional groups attached to an aromatic ring is 1. The van der Waals surface area contributed by atoms with Crippen LogP contribution in [-0.4, -0.2) is 25.8 Å². The Morgan fingerprint density at radius 1 is 1.38 bits per heavy atom. The van der Waals surface area contributed by atoms with Gasteiger partial charge in [-0.2, -0.15) is 13.2 Å². The quantitative estimate of drug-likeness (QED) is 0.862. The summed E-state index contributed by atoms with van der Waals surface area (Å²) in [6, 6.07) is 3.98. The lowest BCUT2D eigenvalue weighted by molar-refractivity contribution is -0.137. The minimum Gasteiger partial charge on any atom is -0.399 e. The molecule has 1 aromatic carbocycles. The number of hydrogen-bond donors (Lipinski definition) is 1. The van der Waals surface area contributed by atoms with Crippen molar-refractivity contribution in [2.75, 3.05) is 30.3 Å². The summed E-state index contributed by atoms with van der Waals surface area (Å²) < 4.78 is 45.2.